The first kappa shape index (κ1) is 13.3. The van der Waals surface area contributed by atoms with Crippen LogP contribution in [-0.2, 0) is 13.6 Å². The molecule has 2 aromatic heterocycles. The summed E-state index contributed by atoms with van der Waals surface area (Å²) in [7, 11) is 3.90. The summed E-state index contributed by atoms with van der Waals surface area (Å²) in [6.45, 7) is 1.75. The largest absolute Gasteiger partial charge is 0.309 e. The van der Waals surface area contributed by atoms with Gasteiger partial charge < -0.3 is 4.98 Å². The van der Waals surface area contributed by atoms with Gasteiger partial charge in [0.05, 0.1) is 12.7 Å². The van der Waals surface area contributed by atoms with E-state index in [1.165, 1.54) is 25.7 Å². The number of nitrogens with one attached hydrogen (secondary N) is 1. The lowest BCUT2D eigenvalue weighted by Gasteiger charge is -2.20. The lowest BCUT2D eigenvalue weighted by atomic mass is 10.1. The fraction of sp³-hybridized carbons (Fsp3) is 0.643. The van der Waals surface area contributed by atoms with Crippen molar-refractivity contribution >= 4 is 11.0 Å². The van der Waals surface area contributed by atoms with E-state index in [4.69, 9.17) is 0 Å². The molecule has 0 aliphatic heterocycles. The quantitative estimate of drug-likeness (QED) is 0.912. The van der Waals surface area contributed by atoms with Crippen molar-refractivity contribution in [3.8, 4) is 0 Å². The number of hydrogen-bond acceptors (Lipinski definition) is 4. The molecule has 0 bridgehead atoms. The predicted molar refractivity (Wildman–Crippen MR) is 77.4 cm³/mol. The van der Waals surface area contributed by atoms with Crippen LogP contribution in [0.1, 0.15) is 31.5 Å². The van der Waals surface area contributed by atoms with Gasteiger partial charge in [0.2, 0.25) is 0 Å². The number of H-pyrrole nitrogens is 1. The van der Waals surface area contributed by atoms with E-state index < -0.39 is 0 Å². The average Bonchev–Trinajstić information content (AvgIpc) is 3.00. The third-order valence-electron chi connectivity index (χ3n) is 4.12. The van der Waals surface area contributed by atoms with Gasteiger partial charge in [0.1, 0.15) is 11.2 Å². The molecule has 20 heavy (non-hydrogen) atoms. The van der Waals surface area contributed by atoms with E-state index in [1.807, 2.05) is 0 Å². The Morgan fingerprint density at radius 2 is 2.20 bits per heavy atom. The Hall–Kier alpha value is -1.69. The van der Waals surface area contributed by atoms with Gasteiger partial charge in [0, 0.05) is 13.6 Å². The number of fused-ring (bicyclic) bond motifs is 1. The van der Waals surface area contributed by atoms with Crippen molar-refractivity contribution in [2.24, 2.45) is 13.0 Å². The maximum Gasteiger partial charge on any atom is 0.262 e. The molecular formula is C14H21N5O. The van der Waals surface area contributed by atoms with Gasteiger partial charge in [-0.05, 0) is 25.8 Å². The monoisotopic (exact) mass is 275 g/mol. The zero-order valence-corrected chi connectivity index (χ0v) is 12.1. The number of aryl methyl sites for hydroxylation is 1. The second-order valence-electron chi connectivity index (χ2n) is 5.87. The molecule has 3 rings (SSSR count). The Bertz CT molecular complexity index is 653. The van der Waals surface area contributed by atoms with E-state index in [9.17, 15) is 4.79 Å². The number of aromatic amines is 1. The third-order valence-corrected chi connectivity index (χ3v) is 4.12. The number of hydrogen-bond donors (Lipinski definition) is 1. The van der Waals surface area contributed by atoms with E-state index in [-0.39, 0.29) is 5.56 Å². The molecule has 0 amide bonds. The summed E-state index contributed by atoms with van der Waals surface area (Å²) in [4.78, 5) is 21.6. The molecule has 6 heteroatoms. The Morgan fingerprint density at radius 3 is 2.95 bits per heavy atom. The minimum Gasteiger partial charge on any atom is -0.309 e. The first-order valence-electron chi connectivity index (χ1n) is 7.23. The van der Waals surface area contributed by atoms with E-state index in [2.05, 4.69) is 27.0 Å². The van der Waals surface area contributed by atoms with E-state index in [0.717, 1.165) is 12.5 Å². The minimum atomic E-state index is -0.104. The zero-order valence-electron chi connectivity index (χ0n) is 12.1. The molecule has 108 valence electrons. The summed E-state index contributed by atoms with van der Waals surface area (Å²) >= 11 is 0. The molecular weight excluding hydrogens is 254 g/mol. The second-order valence-corrected chi connectivity index (χ2v) is 5.87. The summed E-state index contributed by atoms with van der Waals surface area (Å²) in [6, 6.07) is 0. The van der Waals surface area contributed by atoms with Crippen LogP contribution in [0.5, 0.6) is 0 Å². The Morgan fingerprint density at radius 1 is 1.45 bits per heavy atom. The van der Waals surface area contributed by atoms with Crippen LogP contribution in [0.15, 0.2) is 11.0 Å². The number of nitrogens with zero attached hydrogens (tertiary/aromatic N) is 4. The molecule has 0 atom stereocenters. The topological polar surface area (TPSA) is 66.8 Å². The van der Waals surface area contributed by atoms with Gasteiger partial charge in [-0.25, -0.2) is 4.98 Å². The van der Waals surface area contributed by atoms with Gasteiger partial charge in [-0.3, -0.25) is 14.4 Å². The van der Waals surface area contributed by atoms with Gasteiger partial charge in [0.15, 0.2) is 5.65 Å². The van der Waals surface area contributed by atoms with Crippen LogP contribution in [0.3, 0.4) is 0 Å². The van der Waals surface area contributed by atoms with Gasteiger partial charge in [-0.1, -0.05) is 12.8 Å². The predicted octanol–water partition coefficient (Wildman–Crippen LogP) is 1.28. The van der Waals surface area contributed by atoms with Crippen LogP contribution >= 0.6 is 0 Å². The highest BCUT2D eigenvalue weighted by molar-refractivity contribution is 5.72. The van der Waals surface area contributed by atoms with Gasteiger partial charge in [0.25, 0.3) is 5.56 Å². The molecule has 0 radical (unpaired) electrons. The first-order valence-corrected chi connectivity index (χ1v) is 7.23. The van der Waals surface area contributed by atoms with Crippen LogP contribution < -0.4 is 5.56 Å². The molecule has 0 unspecified atom stereocenters. The highest BCUT2D eigenvalue weighted by Crippen LogP contribution is 2.25. The van der Waals surface area contributed by atoms with Gasteiger partial charge in [-0.2, -0.15) is 5.10 Å². The molecule has 1 fully saturated rings. The van der Waals surface area contributed by atoms with E-state index in [0.29, 0.717) is 23.4 Å². The lowest BCUT2D eigenvalue weighted by molar-refractivity contribution is 0.265. The van der Waals surface area contributed by atoms with Crippen molar-refractivity contribution in [3.63, 3.8) is 0 Å². The SMILES string of the molecule is CN(Cc1nc2c(cnn2C)c(=O)[nH]1)CC1CCCC1. The molecule has 1 aliphatic carbocycles. The van der Waals surface area contributed by atoms with Crippen LogP contribution in [0, 0.1) is 5.92 Å². The third kappa shape index (κ3) is 2.60. The number of aromatic nitrogens is 4. The summed E-state index contributed by atoms with van der Waals surface area (Å²) in [6.07, 6.45) is 6.93. The summed E-state index contributed by atoms with van der Waals surface area (Å²) in [5, 5.41) is 4.63. The van der Waals surface area contributed by atoms with Crippen LogP contribution in [-0.4, -0.2) is 38.2 Å². The Kier molecular flexibility index (Phi) is 3.56. The molecule has 0 aromatic carbocycles. The average molecular weight is 275 g/mol. The molecule has 2 aromatic rings. The molecule has 0 spiro atoms. The fourth-order valence-electron chi connectivity index (χ4n) is 3.11. The van der Waals surface area contributed by atoms with E-state index in [1.54, 1.807) is 17.9 Å². The lowest BCUT2D eigenvalue weighted by Crippen LogP contribution is -2.26. The van der Waals surface area contributed by atoms with Gasteiger partial charge >= 0.3 is 0 Å². The van der Waals surface area contributed by atoms with Crippen molar-refractivity contribution in [1.29, 1.82) is 0 Å². The maximum absolute atomic E-state index is 12.0. The zero-order chi connectivity index (χ0) is 14.1. The molecule has 1 saturated carbocycles. The van der Waals surface area contributed by atoms with E-state index >= 15 is 0 Å². The molecule has 1 N–H and O–H groups in total. The fourth-order valence-corrected chi connectivity index (χ4v) is 3.11. The highest BCUT2D eigenvalue weighted by Gasteiger charge is 2.17. The van der Waals surface area contributed by atoms with Crippen LogP contribution in [0.4, 0.5) is 0 Å². The van der Waals surface area contributed by atoms with Crippen molar-refractivity contribution in [2.75, 3.05) is 13.6 Å². The van der Waals surface area contributed by atoms with Crippen molar-refractivity contribution in [2.45, 2.75) is 32.2 Å². The molecule has 6 nitrogen and oxygen atoms in total. The summed E-state index contributed by atoms with van der Waals surface area (Å²) in [5.74, 6) is 1.51. The normalized spacial score (nSPS) is 16.6. The standard InChI is InChI=1S/C14H21N5O/c1-18(8-10-5-3-4-6-10)9-12-16-13-11(14(20)17-12)7-15-19(13)2/h7,10H,3-6,8-9H2,1-2H3,(H,16,17,20). The number of rotatable bonds is 4. The maximum atomic E-state index is 12.0. The Balaban J connectivity index is 1.76. The highest BCUT2D eigenvalue weighted by atomic mass is 16.1. The van der Waals surface area contributed by atoms with Crippen molar-refractivity contribution in [1.82, 2.24) is 24.6 Å². The Labute approximate surface area is 117 Å². The van der Waals surface area contributed by atoms with Crippen LogP contribution in [0.25, 0.3) is 11.0 Å². The first-order chi connectivity index (χ1) is 9.63. The van der Waals surface area contributed by atoms with Gasteiger partial charge in [-0.15, -0.1) is 0 Å². The smallest absolute Gasteiger partial charge is 0.262 e. The minimum absolute atomic E-state index is 0.104. The second kappa shape index (κ2) is 5.36. The van der Waals surface area contributed by atoms with Crippen molar-refractivity contribution in [3.05, 3.63) is 22.4 Å². The van der Waals surface area contributed by atoms with Crippen LogP contribution in [0.2, 0.25) is 0 Å². The summed E-state index contributed by atoms with van der Waals surface area (Å²) < 4.78 is 1.64. The van der Waals surface area contributed by atoms with Crippen molar-refractivity contribution < 1.29 is 0 Å². The molecule has 1 aliphatic rings. The molecule has 2 heterocycles. The summed E-state index contributed by atoms with van der Waals surface area (Å²) in [5.41, 5.74) is 0.547. The molecule has 0 saturated heterocycles.